The van der Waals surface area contributed by atoms with E-state index in [-0.39, 0.29) is 5.92 Å². The molecule has 0 amide bonds. The lowest BCUT2D eigenvalue weighted by atomic mass is 9.96. The topological polar surface area (TPSA) is 37.3 Å². The van der Waals surface area contributed by atoms with Crippen LogP contribution in [0.2, 0.25) is 0 Å². The Kier molecular flexibility index (Phi) is 3.07. The summed E-state index contributed by atoms with van der Waals surface area (Å²) in [4.78, 5) is 10.8. The van der Waals surface area contributed by atoms with E-state index in [9.17, 15) is 4.79 Å². The molecule has 0 unspecified atom stereocenters. The number of benzene rings is 1. The Morgan fingerprint density at radius 1 is 1.38 bits per heavy atom. The Bertz CT molecular complexity index is 287. The first-order chi connectivity index (χ1) is 6.15. The Morgan fingerprint density at radius 2 is 1.92 bits per heavy atom. The third kappa shape index (κ3) is 2.31. The molecule has 2 heteroatoms. The van der Waals surface area contributed by atoms with Gasteiger partial charge in [-0.15, -0.1) is 0 Å². The summed E-state index contributed by atoms with van der Waals surface area (Å²) < 4.78 is 0. The number of hydrogen-bond acceptors (Lipinski definition) is 1. The number of carboxylic acid groups (broad SMARTS) is 1. The summed E-state index contributed by atoms with van der Waals surface area (Å²) in [6.07, 6.45) is 0.637. The first-order valence-electron chi connectivity index (χ1n) is 4.44. The molecular formula is C11H14O2. The maximum atomic E-state index is 10.8. The van der Waals surface area contributed by atoms with Crippen molar-refractivity contribution in [2.24, 2.45) is 0 Å². The first kappa shape index (κ1) is 9.78. The monoisotopic (exact) mass is 178 g/mol. The highest BCUT2D eigenvalue weighted by atomic mass is 16.4. The van der Waals surface area contributed by atoms with Crippen molar-refractivity contribution < 1.29 is 9.90 Å². The van der Waals surface area contributed by atoms with Crippen LogP contribution in [0.15, 0.2) is 24.3 Å². The van der Waals surface area contributed by atoms with Crippen LogP contribution >= 0.6 is 0 Å². The summed E-state index contributed by atoms with van der Waals surface area (Å²) in [5, 5.41) is 8.90. The highest BCUT2D eigenvalue weighted by Crippen LogP contribution is 2.19. The fourth-order valence-electron chi connectivity index (χ4n) is 1.35. The van der Waals surface area contributed by atoms with Crippen molar-refractivity contribution in [3.63, 3.8) is 0 Å². The largest absolute Gasteiger partial charge is 0.481 e. The molecule has 1 rings (SSSR count). The van der Waals surface area contributed by atoms with Crippen LogP contribution in [0.1, 0.15) is 30.4 Å². The summed E-state index contributed by atoms with van der Waals surface area (Å²) in [6.45, 7) is 3.88. The van der Waals surface area contributed by atoms with E-state index in [0.29, 0.717) is 6.42 Å². The molecule has 1 N–H and O–H groups in total. The van der Waals surface area contributed by atoms with Crippen molar-refractivity contribution in [3.05, 3.63) is 35.4 Å². The summed E-state index contributed by atoms with van der Waals surface area (Å²) in [5.74, 6) is -1.10. The Balaban J connectivity index is 2.92. The van der Waals surface area contributed by atoms with Crippen molar-refractivity contribution in [1.29, 1.82) is 0 Å². The van der Waals surface area contributed by atoms with Gasteiger partial charge in [0.1, 0.15) is 0 Å². The van der Waals surface area contributed by atoms with E-state index in [2.05, 4.69) is 0 Å². The molecule has 0 saturated heterocycles. The Morgan fingerprint density at radius 3 is 2.31 bits per heavy atom. The van der Waals surface area contributed by atoms with Crippen molar-refractivity contribution in [1.82, 2.24) is 0 Å². The van der Waals surface area contributed by atoms with Gasteiger partial charge in [0.2, 0.25) is 0 Å². The molecule has 13 heavy (non-hydrogen) atoms. The highest BCUT2D eigenvalue weighted by molar-refractivity contribution is 5.75. The molecule has 0 saturated carbocycles. The molecule has 0 aliphatic carbocycles. The average Bonchev–Trinajstić information content (AvgIpc) is 2.09. The van der Waals surface area contributed by atoms with Gasteiger partial charge in [-0.05, 0) is 18.9 Å². The maximum Gasteiger partial charge on any atom is 0.310 e. The van der Waals surface area contributed by atoms with Crippen LogP contribution in [0.3, 0.4) is 0 Å². The third-order valence-electron chi connectivity index (χ3n) is 2.19. The zero-order valence-electron chi connectivity index (χ0n) is 7.95. The summed E-state index contributed by atoms with van der Waals surface area (Å²) in [7, 11) is 0. The van der Waals surface area contributed by atoms with E-state index >= 15 is 0 Å². The number of hydrogen-bond donors (Lipinski definition) is 1. The van der Waals surface area contributed by atoms with Gasteiger partial charge in [-0.3, -0.25) is 4.79 Å². The predicted molar refractivity (Wildman–Crippen MR) is 51.8 cm³/mol. The number of aryl methyl sites for hydroxylation is 1. The molecule has 0 aliphatic rings. The third-order valence-corrected chi connectivity index (χ3v) is 2.19. The molecular weight excluding hydrogens is 164 g/mol. The van der Waals surface area contributed by atoms with Crippen LogP contribution in [0.4, 0.5) is 0 Å². The molecule has 0 bridgehead atoms. The second-order valence-corrected chi connectivity index (χ2v) is 3.21. The fraction of sp³-hybridized carbons (Fsp3) is 0.364. The van der Waals surface area contributed by atoms with Crippen LogP contribution in [-0.4, -0.2) is 11.1 Å². The summed E-state index contributed by atoms with van der Waals surface area (Å²) >= 11 is 0. The van der Waals surface area contributed by atoms with Gasteiger partial charge in [-0.25, -0.2) is 0 Å². The lowest BCUT2D eigenvalue weighted by Crippen LogP contribution is -2.10. The zero-order chi connectivity index (χ0) is 9.84. The Hall–Kier alpha value is -1.31. The predicted octanol–water partition coefficient (Wildman–Crippen LogP) is 2.57. The maximum absolute atomic E-state index is 10.8. The highest BCUT2D eigenvalue weighted by Gasteiger charge is 2.16. The van der Waals surface area contributed by atoms with E-state index in [0.717, 1.165) is 11.1 Å². The van der Waals surface area contributed by atoms with Gasteiger partial charge in [0.05, 0.1) is 5.92 Å². The second-order valence-electron chi connectivity index (χ2n) is 3.21. The molecule has 0 aliphatic heterocycles. The minimum atomic E-state index is -0.744. The number of carbonyl (C=O) groups is 1. The van der Waals surface area contributed by atoms with E-state index in [4.69, 9.17) is 5.11 Å². The molecule has 1 aromatic rings. The number of carboxylic acids is 1. The van der Waals surface area contributed by atoms with E-state index in [1.54, 1.807) is 0 Å². The lowest BCUT2D eigenvalue weighted by Gasteiger charge is -2.09. The van der Waals surface area contributed by atoms with E-state index < -0.39 is 5.97 Å². The molecule has 1 atom stereocenters. The molecule has 0 aromatic heterocycles. The van der Waals surface area contributed by atoms with Gasteiger partial charge in [0, 0.05) is 0 Å². The van der Waals surface area contributed by atoms with Crippen LogP contribution < -0.4 is 0 Å². The van der Waals surface area contributed by atoms with Crippen LogP contribution in [0, 0.1) is 6.92 Å². The minimum absolute atomic E-state index is 0.361. The SMILES string of the molecule is CC[C@@H](C(=O)O)c1ccc(C)cc1. The normalized spacial score (nSPS) is 12.5. The molecule has 70 valence electrons. The van der Waals surface area contributed by atoms with Gasteiger partial charge in [0.25, 0.3) is 0 Å². The number of rotatable bonds is 3. The number of aliphatic carboxylic acids is 1. The van der Waals surface area contributed by atoms with Crippen LogP contribution in [-0.2, 0) is 4.79 Å². The second kappa shape index (κ2) is 4.08. The van der Waals surface area contributed by atoms with Gasteiger partial charge < -0.3 is 5.11 Å². The van der Waals surface area contributed by atoms with E-state index in [1.165, 1.54) is 0 Å². The Labute approximate surface area is 78.2 Å². The quantitative estimate of drug-likeness (QED) is 0.772. The first-order valence-corrected chi connectivity index (χ1v) is 4.44. The zero-order valence-corrected chi connectivity index (χ0v) is 7.95. The standard InChI is InChI=1S/C11H14O2/c1-3-10(11(12)13)9-6-4-8(2)5-7-9/h4-7,10H,3H2,1-2H3,(H,12,13)/t10-/m1/s1. The van der Waals surface area contributed by atoms with Crippen LogP contribution in [0.25, 0.3) is 0 Å². The van der Waals surface area contributed by atoms with Gasteiger partial charge >= 0.3 is 5.97 Å². The van der Waals surface area contributed by atoms with Gasteiger partial charge in [0.15, 0.2) is 0 Å². The van der Waals surface area contributed by atoms with Crippen molar-refractivity contribution in [2.75, 3.05) is 0 Å². The minimum Gasteiger partial charge on any atom is -0.481 e. The molecule has 0 radical (unpaired) electrons. The summed E-state index contributed by atoms with van der Waals surface area (Å²) in [5.41, 5.74) is 2.05. The fourth-order valence-corrected chi connectivity index (χ4v) is 1.35. The van der Waals surface area contributed by atoms with Gasteiger partial charge in [-0.2, -0.15) is 0 Å². The molecule has 0 heterocycles. The smallest absolute Gasteiger partial charge is 0.310 e. The molecule has 2 nitrogen and oxygen atoms in total. The molecule has 0 fully saturated rings. The van der Waals surface area contributed by atoms with E-state index in [1.807, 2.05) is 38.1 Å². The summed E-state index contributed by atoms with van der Waals surface area (Å²) in [6, 6.07) is 7.66. The van der Waals surface area contributed by atoms with Gasteiger partial charge in [-0.1, -0.05) is 36.8 Å². The lowest BCUT2D eigenvalue weighted by molar-refractivity contribution is -0.138. The average molecular weight is 178 g/mol. The van der Waals surface area contributed by atoms with Crippen LogP contribution in [0.5, 0.6) is 0 Å². The van der Waals surface area contributed by atoms with Crippen molar-refractivity contribution >= 4 is 5.97 Å². The molecule has 0 spiro atoms. The van der Waals surface area contributed by atoms with Crippen molar-refractivity contribution in [2.45, 2.75) is 26.2 Å². The molecule has 1 aromatic carbocycles. The van der Waals surface area contributed by atoms with Crippen molar-refractivity contribution in [3.8, 4) is 0 Å².